The van der Waals surface area contributed by atoms with Gasteiger partial charge in [0.05, 0.1) is 19.0 Å². The molecule has 1 aliphatic rings. The van der Waals surface area contributed by atoms with Crippen LogP contribution in [-0.2, 0) is 6.54 Å². The van der Waals surface area contributed by atoms with Gasteiger partial charge in [-0.15, -0.1) is 5.10 Å². The van der Waals surface area contributed by atoms with Gasteiger partial charge in [-0.05, 0) is 43.2 Å². The van der Waals surface area contributed by atoms with Crippen LogP contribution in [0.3, 0.4) is 0 Å². The molecule has 7 heteroatoms. The van der Waals surface area contributed by atoms with Crippen LogP contribution in [0.5, 0.6) is 0 Å². The van der Waals surface area contributed by atoms with Crippen molar-refractivity contribution in [3.05, 3.63) is 59.7 Å². The molecule has 2 aromatic heterocycles. The molecule has 0 saturated carbocycles. The van der Waals surface area contributed by atoms with E-state index < -0.39 is 0 Å². The van der Waals surface area contributed by atoms with Gasteiger partial charge in [0.15, 0.2) is 5.82 Å². The second kappa shape index (κ2) is 7.65. The third-order valence-corrected chi connectivity index (χ3v) is 5.05. The molecule has 0 spiro atoms. The summed E-state index contributed by atoms with van der Waals surface area (Å²) in [6.45, 7) is 8.56. The molecule has 0 radical (unpaired) electrons. The van der Waals surface area contributed by atoms with Gasteiger partial charge in [-0.3, -0.25) is 0 Å². The Bertz CT molecular complexity index is 887. The van der Waals surface area contributed by atoms with E-state index in [2.05, 4.69) is 62.3 Å². The van der Waals surface area contributed by atoms with E-state index in [1.54, 1.807) is 12.5 Å². The Morgan fingerprint density at radius 1 is 1.04 bits per heavy atom. The van der Waals surface area contributed by atoms with Gasteiger partial charge in [0.25, 0.3) is 0 Å². The van der Waals surface area contributed by atoms with Crippen molar-refractivity contribution in [2.75, 3.05) is 41.3 Å². The number of rotatable bonds is 5. The standard InChI is InChI=1S/C20H24N6O/c1-15-5-3-7-18(16(15)2)25-8-10-26(11-9-25)20-23-19(14-22-24-20)21-13-17-6-4-12-27-17/h3-7,12,14H,8-11,13H2,1-2H3,(H,21,23,24). The zero-order chi connectivity index (χ0) is 18.6. The van der Waals surface area contributed by atoms with Crippen LogP contribution in [0.1, 0.15) is 16.9 Å². The molecular formula is C20H24N6O. The fourth-order valence-electron chi connectivity index (χ4n) is 3.33. The van der Waals surface area contributed by atoms with E-state index in [-0.39, 0.29) is 0 Å². The van der Waals surface area contributed by atoms with Gasteiger partial charge < -0.3 is 19.5 Å². The quantitative estimate of drug-likeness (QED) is 0.746. The fourth-order valence-corrected chi connectivity index (χ4v) is 3.33. The molecule has 0 aliphatic carbocycles. The summed E-state index contributed by atoms with van der Waals surface area (Å²) in [6, 6.07) is 10.3. The van der Waals surface area contributed by atoms with Crippen molar-refractivity contribution >= 4 is 17.5 Å². The van der Waals surface area contributed by atoms with Crippen LogP contribution in [0, 0.1) is 13.8 Å². The Morgan fingerprint density at radius 3 is 2.63 bits per heavy atom. The van der Waals surface area contributed by atoms with Crippen molar-refractivity contribution in [3.8, 4) is 0 Å². The first kappa shape index (κ1) is 17.3. The number of furan rings is 1. The third kappa shape index (κ3) is 3.86. The number of hydrogen-bond acceptors (Lipinski definition) is 7. The summed E-state index contributed by atoms with van der Waals surface area (Å²) in [5.74, 6) is 2.23. The number of piperazine rings is 1. The molecule has 3 heterocycles. The lowest BCUT2D eigenvalue weighted by Gasteiger charge is -2.36. The second-order valence-electron chi connectivity index (χ2n) is 6.77. The van der Waals surface area contributed by atoms with Crippen molar-refractivity contribution in [2.24, 2.45) is 0 Å². The molecule has 3 aromatic rings. The maximum Gasteiger partial charge on any atom is 0.247 e. The Labute approximate surface area is 159 Å². The second-order valence-corrected chi connectivity index (χ2v) is 6.77. The molecule has 140 valence electrons. The van der Waals surface area contributed by atoms with E-state index in [0.29, 0.717) is 18.3 Å². The summed E-state index contributed by atoms with van der Waals surface area (Å²) in [7, 11) is 0. The van der Waals surface area contributed by atoms with E-state index >= 15 is 0 Å². The third-order valence-electron chi connectivity index (χ3n) is 5.05. The van der Waals surface area contributed by atoms with Gasteiger partial charge in [0, 0.05) is 31.9 Å². The van der Waals surface area contributed by atoms with Gasteiger partial charge >= 0.3 is 0 Å². The van der Waals surface area contributed by atoms with Gasteiger partial charge in [0.1, 0.15) is 5.76 Å². The van der Waals surface area contributed by atoms with Crippen LogP contribution in [0.2, 0.25) is 0 Å². The van der Waals surface area contributed by atoms with Crippen molar-refractivity contribution in [1.29, 1.82) is 0 Å². The molecule has 1 fully saturated rings. The predicted octanol–water partition coefficient (Wildman–Crippen LogP) is 3.02. The zero-order valence-corrected chi connectivity index (χ0v) is 15.7. The van der Waals surface area contributed by atoms with Gasteiger partial charge in [0.2, 0.25) is 5.95 Å². The number of aryl methyl sites for hydroxylation is 1. The molecule has 4 rings (SSSR count). The van der Waals surface area contributed by atoms with Crippen molar-refractivity contribution < 1.29 is 4.42 Å². The first-order chi connectivity index (χ1) is 13.2. The number of anilines is 3. The lowest BCUT2D eigenvalue weighted by Crippen LogP contribution is -2.47. The summed E-state index contributed by atoms with van der Waals surface area (Å²) < 4.78 is 5.33. The summed E-state index contributed by atoms with van der Waals surface area (Å²) in [6.07, 6.45) is 3.30. The Hall–Kier alpha value is -3.09. The zero-order valence-electron chi connectivity index (χ0n) is 15.7. The van der Waals surface area contributed by atoms with Crippen molar-refractivity contribution in [3.63, 3.8) is 0 Å². The summed E-state index contributed by atoms with van der Waals surface area (Å²) >= 11 is 0. The molecular weight excluding hydrogens is 340 g/mol. The number of nitrogens with one attached hydrogen (secondary N) is 1. The average molecular weight is 364 g/mol. The maximum absolute atomic E-state index is 5.33. The van der Waals surface area contributed by atoms with Crippen LogP contribution < -0.4 is 15.1 Å². The van der Waals surface area contributed by atoms with E-state index in [0.717, 1.165) is 31.9 Å². The SMILES string of the molecule is Cc1cccc(N2CCN(c3nncc(NCc4ccco4)n3)CC2)c1C. The fraction of sp³-hybridized carbons (Fsp3) is 0.350. The minimum absolute atomic E-state index is 0.575. The van der Waals surface area contributed by atoms with Crippen LogP contribution in [-0.4, -0.2) is 41.4 Å². The summed E-state index contributed by atoms with van der Waals surface area (Å²) in [5.41, 5.74) is 4.01. The normalized spacial score (nSPS) is 14.4. The number of nitrogens with zero attached hydrogens (tertiary/aromatic N) is 5. The molecule has 0 atom stereocenters. The van der Waals surface area contributed by atoms with Gasteiger partial charge in [-0.25, -0.2) is 0 Å². The van der Waals surface area contributed by atoms with Crippen molar-refractivity contribution in [2.45, 2.75) is 20.4 Å². The molecule has 1 N–H and O–H groups in total. The molecule has 27 heavy (non-hydrogen) atoms. The molecule has 0 bridgehead atoms. The van der Waals surface area contributed by atoms with Crippen LogP contribution in [0.4, 0.5) is 17.5 Å². The largest absolute Gasteiger partial charge is 0.467 e. The molecule has 1 aromatic carbocycles. The molecule has 0 unspecified atom stereocenters. The van der Waals surface area contributed by atoms with Crippen LogP contribution >= 0.6 is 0 Å². The first-order valence-electron chi connectivity index (χ1n) is 9.23. The molecule has 1 saturated heterocycles. The first-order valence-corrected chi connectivity index (χ1v) is 9.23. The maximum atomic E-state index is 5.33. The Morgan fingerprint density at radius 2 is 1.85 bits per heavy atom. The highest BCUT2D eigenvalue weighted by Crippen LogP contribution is 2.24. The lowest BCUT2D eigenvalue weighted by atomic mass is 10.1. The minimum Gasteiger partial charge on any atom is -0.467 e. The Balaban J connectivity index is 1.39. The summed E-state index contributed by atoms with van der Waals surface area (Å²) in [4.78, 5) is 9.23. The summed E-state index contributed by atoms with van der Waals surface area (Å²) in [5, 5.41) is 11.6. The van der Waals surface area contributed by atoms with Crippen LogP contribution in [0.15, 0.2) is 47.2 Å². The highest BCUT2D eigenvalue weighted by Gasteiger charge is 2.21. The highest BCUT2D eigenvalue weighted by atomic mass is 16.3. The minimum atomic E-state index is 0.575. The predicted molar refractivity (Wildman–Crippen MR) is 106 cm³/mol. The Kier molecular flexibility index (Phi) is 4.91. The van der Waals surface area contributed by atoms with E-state index in [9.17, 15) is 0 Å². The van der Waals surface area contributed by atoms with Gasteiger partial charge in [-0.2, -0.15) is 10.1 Å². The molecule has 0 amide bonds. The molecule has 7 nitrogen and oxygen atoms in total. The van der Waals surface area contributed by atoms with E-state index in [4.69, 9.17) is 4.42 Å². The van der Waals surface area contributed by atoms with E-state index in [1.165, 1.54) is 16.8 Å². The topological polar surface area (TPSA) is 70.3 Å². The number of aromatic nitrogens is 3. The molecule has 1 aliphatic heterocycles. The van der Waals surface area contributed by atoms with Crippen molar-refractivity contribution in [1.82, 2.24) is 15.2 Å². The smallest absolute Gasteiger partial charge is 0.247 e. The number of hydrogen-bond donors (Lipinski definition) is 1. The van der Waals surface area contributed by atoms with Gasteiger partial charge in [-0.1, -0.05) is 12.1 Å². The monoisotopic (exact) mass is 364 g/mol. The highest BCUT2D eigenvalue weighted by molar-refractivity contribution is 5.57. The van der Waals surface area contributed by atoms with E-state index in [1.807, 2.05) is 12.1 Å². The van der Waals surface area contributed by atoms with Crippen LogP contribution in [0.25, 0.3) is 0 Å². The number of benzene rings is 1. The average Bonchev–Trinajstić information content (AvgIpc) is 3.23. The lowest BCUT2D eigenvalue weighted by molar-refractivity contribution is 0.517.